The van der Waals surface area contributed by atoms with Crippen LogP contribution in [0.2, 0.25) is 0 Å². The molecule has 0 unspecified atom stereocenters. The fourth-order valence-electron chi connectivity index (χ4n) is 2.59. The molecule has 0 bridgehead atoms. The van der Waals surface area contributed by atoms with Crippen molar-refractivity contribution < 1.29 is 0 Å². The highest BCUT2D eigenvalue weighted by molar-refractivity contribution is 5.82. The molecule has 16 heavy (non-hydrogen) atoms. The lowest BCUT2D eigenvalue weighted by Crippen LogP contribution is -2.28. The predicted octanol–water partition coefficient (Wildman–Crippen LogP) is 2.70. The average molecular weight is 212 g/mol. The Labute approximate surface area is 95.7 Å². The van der Waals surface area contributed by atoms with Crippen molar-refractivity contribution in [2.45, 2.75) is 18.8 Å². The van der Waals surface area contributed by atoms with Crippen LogP contribution in [0.15, 0.2) is 36.5 Å². The summed E-state index contributed by atoms with van der Waals surface area (Å²) < 4.78 is 0. The molecular formula is C14H16N2. The third-order valence-corrected chi connectivity index (χ3v) is 3.42. The summed E-state index contributed by atoms with van der Waals surface area (Å²) in [5, 5.41) is 4.80. The molecule has 1 aliphatic rings. The molecule has 1 atom stereocenters. The van der Waals surface area contributed by atoms with Crippen LogP contribution in [0.3, 0.4) is 0 Å². The molecule has 2 heteroatoms. The van der Waals surface area contributed by atoms with E-state index in [1.807, 2.05) is 6.20 Å². The molecule has 1 saturated heterocycles. The first-order valence-electron chi connectivity index (χ1n) is 5.99. The number of pyridine rings is 1. The SMILES string of the molecule is c1ccc2c([C@H]3CCCNC3)ccnc2c1. The molecule has 82 valence electrons. The Morgan fingerprint density at radius 2 is 2.12 bits per heavy atom. The van der Waals surface area contributed by atoms with Gasteiger partial charge in [-0.05, 0) is 43.0 Å². The van der Waals surface area contributed by atoms with Crippen molar-refractivity contribution in [2.24, 2.45) is 0 Å². The van der Waals surface area contributed by atoms with Gasteiger partial charge in [0.05, 0.1) is 5.52 Å². The number of benzene rings is 1. The fraction of sp³-hybridized carbons (Fsp3) is 0.357. The second-order valence-corrected chi connectivity index (χ2v) is 4.46. The monoisotopic (exact) mass is 212 g/mol. The summed E-state index contributed by atoms with van der Waals surface area (Å²) >= 11 is 0. The largest absolute Gasteiger partial charge is 0.316 e. The highest BCUT2D eigenvalue weighted by atomic mass is 14.9. The maximum absolute atomic E-state index is 4.42. The van der Waals surface area contributed by atoms with Gasteiger partial charge in [-0.2, -0.15) is 0 Å². The Morgan fingerprint density at radius 3 is 3.00 bits per heavy atom. The number of para-hydroxylation sites is 1. The Hall–Kier alpha value is -1.41. The molecule has 2 heterocycles. The van der Waals surface area contributed by atoms with Crippen LogP contribution >= 0.6 is 0 Å². The zero-order valence-corrected chi connectivity index (χ0v) is 9.32. The third-order valence-electron chi connectivity index (χ3n) is 3.42. The molecule has 0 radical (unpaired) electrons. The summed E-state index contributed by atoms with van der Waals surface area (Å²) in [5.41, 5.74) is 2.57. The highest BCUT2D eigenvalue weighted by Gasteiger charge is 2.16. The van der Waals surface area contributed by atoms with Gasteiger partial charge in [0.1, 0.15) is 0 Å². The predicted molar refractivity (Wildman–Crippen MR) is 66.6 cm³/mol. The van der Waals surface area contributed by atoms with E-state index in [9.17, 15) is 0 Å². The molecule has 0 spiro atoms. The Kier molecular flexibility index (Phi) is 2.58. The van der Waals surface area contributed by atoms with Crippen molar-refractivity contribution in [3.63, 3.8) is 0 Å². The number of rotatable bonds is 1. The molecule has 0 aliphatic carbocycles. The smallest absolute Gasteiger partial charge is 0.0704 e. The van der Waals surface area contributed by atoms with E-state index >= 15 is 0 Å². The van der Waals surface area contributed by atoms with Crippen LogP contribution in [0.1, 0.15) is 24.3 Å². The van der Waals surface area contributed by atoms with Crippen LogP contribution in [0.5, 0.6) is 0 Å². The van der Waals surface area contributed by atoms with E-state index in [4.69, 9.17) is 0 Å². The molecule has 1 fully saturated rings. The van der Waals surface area contributed by atoms with E-state index in [0.717, 1.165) is 12.1 Å². The van der Waals surface area contributed by atoms with Gasteiger partial charge in [0.2, 0.25) is 0 Å². The van der Waals surface area contributed by atoms with Gasteiger partial charge in [-0.15, -0.1) is 0 Å². The average Bonchev–Trinajstić information content (AvgIpc) is 2.39. The molecule has 1 N–H and O–H groups in total. The minimum Gasteiger partial charge on any atom is -0.316 e. The summed E-state index contributed by atoms with van der Waals surface area (Å²) in [6, 6.07) is 10.6. The second-order valence-electron chi connectivity index (χ2n) is 4.46. The van der Waals surface area contributed by atoms with E-state index in [1.54, 1.807) is 0 Å². The number of piperidine rings is 1. The molecule has 0 saturated carbocycles. The van der Waals surface area contributed by atoms with E-state index < -0.39 is 0 Å². The number of aromatic nitrogens is 1. The number of nitrogens with zero attached hydrogens (tertiary/aromatic N) is 1. The summed E-state index contributed by atoms with van der Waals surface area (Å²) in [4.78, 5) is 4.42. The lowest BCUT2D eigenvalue weighted by Gasteiger charge is -2.24. The van der Waals surface area contributed by atoms with Crippen LogP contribution in [0.4, 0.5) is 0 Å². The topological polar surface area (TPSA) is 24.9 Å². The Bertz CT molecular complexity index is 482. The van der Waals surface area contributed by atoms with Gasteiger partial charge in [-0.3, -0.25) is 4.98 Å². The van der Waals surface area contributed by atoms with Crippen LogP contribution in [-0.2, 0) is 0 Å². The zero-order chi connectivity index (χ0) is 10.8. The van der Waals surface area contributed by atoms with Gasteiger partial charge in [-0.25, -0.2) is 0 Å². The van der Waals surface area contributed by atoms with E-state index in [1.165, 1.54) is 30.3 Å². The first-order valence-corrected chi connectivity index (χ1v) is 5.99. The van der Waals surface area contributed by atoms with Gasteiger partial charge >= 0.3 is 0 Å². The summed E-state index contributed by atoms with van der Waals surface area (Å²) in [6.45, 7) is 2.27. The van der Waals surface area contributed by atoms with Crippen molar-refractivity contribution in [1.29, 1.82) is 0 Å². The van der Waals surface area contributed by atoms with Crippen molar-refractivity contribution in [2.75, 3.05) is 13.1 Å². The molecule has 1 aromatic heterocycles. The van der Waals surface area contributed by atoms with E-state index in [-0.39, 0.29) is 0 Å². The summed E-state index contributed by atoms with van der Waals surface area (Å²) in [5.74, 6) is 0.654. The molecule has 2 aromatic rings. The fourth-order valence-corrected chi connectivity index (χ4v) is 2.59. The van der Waals surface area contributed by atoms with Gasteiger partial charge in [0.25, 0.3) is 0 Å². The number of fused-ring (bicyclic) bond motifs is 1. The Balaban J connectivity index is 2.08. The zero-order valence-electron chi connectivity index (χ0n) is 9.32. The van der Waals surface area contributed by atoms with E-state index in [0.29, 0.717) is 5.92 Å². The van der Waals surface area contributed by atoms with Gasteiger partial charge in [-0.1, -0.05) is 18.2 Å². The molecule has 1 aromatic carbocycles. The maximum atomic E-state index is 4.42. The minimum absolute atomic E-state index is 0.654. The first-order chi connectivity index (χ1) is 7.95. The summed E-state index contributed by atoms with van der Waals surface area (Å²) in [6.07, 6.45) is 4.51. The lowest BCUT2D eigenvalue weighted by molar-refractivity contribution is 0.463. The van der Waals surface area contributed by atoms with E-state index in [2.05, 4.69) is 40.6 Å². The molecule has 1 aliphatic heterocycles. The second kappa shape index (κ2) is 4.22. The van der Waals surface area contributed by atoms with Crippen molar-refractivity contribution >= 4 is 10.9 Å². The molecule has 0 amide bonds. The summed E-state index contributed by atoms with van der Waals surface area (Å²) in [7, 11) is 0. The normalized spacial score (nSPS) is 21.1. The highest BCUT2D eigenvalue weighted by Crippen LogP contribution is 2.28. The third kappa shape index (κ3) is 1.69. The van der Waals surface area contributed by atoms with Gasteiger partial charge in [0, 0.05) is 18.1 Å². The molecule has 2 nitrogen and oxygen atoms in total. The maximum Gasteiger partial charge on any atom is 0.0704 e. The number of hydrogen-bond acceptors (Lipinski definition) is 2. The van der Waals surface area contributed by atoms with Crippen molar-refractivity contribution in [3.8, 4) is 0 Å². The Morgan fingerprint density at radius 1 is 1.19 bits per heavy atom. The van der Waals surface area contributed by atoms with Crippen LogP contribution in [0, 0.1) is 0 Å². The van der Waals surface area contributed by atoms with Crippen LogP contribution in [-0.4, -0.2) is 18.1 Å². The van der Waals surface area contributed by atoms with Crippen molar-refractivity contribution in [3.05, 3.63) is 42.1 Å². The standard InChI is InChI=1S/C14H16N2/c1-2-6-14-13(5-1)12(7-9-16-14)11-4-3-8-15-10-11/h1-2,5-7,9,11,15H,3-4,8,10H2/t11-/m0/s1. The van der Waals surface area contributed by atoms with Gasteiger partial charge in [0.15, 0.2) is 0 Å². The molecular weight excluding hydrogens is 196 g/mol. The quantitative estimate of drug-likeness (QED) is 0.786. The van der Waals surface area contributed by atoms with Gasteiger partial charge < -0.3 is 5.32 Å². The lowest BCUT2D eigenvalue weighted by atomic mass is 9.89. The van der Waals surface area contributed by atoms with Crippen LogP contribution < -0.4 is 5.32 Å². The molecule has 3 rings (SSSR count). The number of nitrogens with one attached hydrogen (secondary N) is 1. The first kappa shape index (κ1) is 9.79. The van der Waals surface area contributed by atoms with Crippen molar-refractivity contribution in [1.82, 2.24) is 10.3 Å². The number of hydrogen-bond donors (Lipinski definition) is 1. The van der Waals surface area contributed by atoms with Crippen LogP contribution in [0.25, 0.3) is 10.9 Å². The minimum atomic E-state index is 0.654.